The van der Waals surface area contributed by atoms with Gasteiger partial charge in [-0.1, -0.05) is 18.2 Å². The van der Waals surface area contributed by atoms with E-state index in [1.165, 1.54) is 0 Å². The predicted octanol–water partition coefficient (Wildman–Crippen LogP) is 1.02. The standard InChI is InChI=1S/C10H10N2O4S/c13-12(14)10-7-17(15,16)6-9(10)11-8-4-2-1-3-5-8/h1-5,11H,6-7H2. The summed E-state index contributed by atoms with van der Waals surface area (Å²) in [4.78, 5) is 10.1. The highest BCUT2D eigenvalue weighted by atomic mass is 32.2. The number of sulfone groups is 1. The molecule has 0 unspecified atom stereocenters. The van der Waals surface area contributed by atoms with Crippen molar-refractivity contribution in [2.24, 2.45) is 0 Å². The van der Waals surface area contributed by atoms with Crippen molar-refractivity contribution in [3.8, 4) is 0 Å². The van der Waals surface area contributed by atoms with Gasteiger partial charge >= 0.3 is 0 Å². The fourth-order valence-electron chi connectivity index (χ4n) is 1.62. The Bertz CT molecular complexity index is 578. The maximum absolute atomic E-state index is 11.4. The lowest BCUT2D eigenvalue weighted by atomic mass is 10.3. The van der Waals surface area contributed by atoms with Crippen LogP contribution in [0.2, 0.25) is 0 Å². The van der Waals surface area contributed by atoms with Crippen LogP contribution >= 0.6 is 0 Å². The van der Waals surface area contributed by atoms with Crippen molar-refractivity contribution in [1.82, 2.24) is 0 Å². The average molecular weight is 254 g/mol. The molecule has 0 fully saturated rings. The van der Waals surface area contributed by atoms with E-state index in [9.17, 15) is 18.5 Å². The summed E-state index contributed by atoms with van der Waals surface area (Å²) in [5, 5.41) is 13.5. The third-order valence-corrected chi connectivity index (χ3v) is 3.80. The molecule has 2 rings (SSSR count). The largest absolute Gasteiger partial charge is 0.353 e. The van der Waals surface area contributed by atoms with Gasteiger partial charge in [-0.05, 0) is 12.1 Å². The molecule has 0 spiro atoms. The van der Waals surface area contributed by atoms with Gasteiger partial charge < -0.3 is 5.32 Å². The SMILES string of the molecule is O=[N+]([O-])C1=C(Nc2ccccc2)CS(=O)(=O)C1. The lowest BCUT2D eigenvalue weighted by Gasteiger charge is -2.04. The maximum Gasteiger partial charge on any atom is 0.281 e. The van der Waals surface area contributed by atoms with Crippen molar-refractivity contribution in [2.45, 2.75) is 0 Å². The van der Waals surface area contributed by atoms with Crippen LogP contribution in [0, 0.1) is 10.1 Å². The zero-order chi connectivity index (χ0) is 12.5. The molecule has 0 radical (unpaired) electrons. The monoisotopic (exact) mass is 254 g/mol. The van der Waals surface area contributed by atoms with Crippen molar-refractivity contribution >= 4 is 15.5 Å². The van der Waals surface area contributed by atoms with Gasteiger partial charge in [0.2, 0.25) is 0 Å². The number of nitrogens with zero attached hydrogens (tertiary/aromatic N) is 1. The van der Waals surface area contributed by atoms with Gasteiger partial charge in [-0.2, -0.15) is 0 Å². The van der Waals surface area contributed by atoms with Crippen molar-refractivity contribution in [2.75, 3.05) is 16.8 Å². The second-order valence-corrected chi connectivity index (χ2v) is 5.77. The third kappa shape index (κ3) is 2.62. The molecule has 0 atom stereocenters. The van der Waals surface area contributed by atoms with Crippen LogP contribution in [-0.4, -0.2) is 24.8 Å². The first-order valence-corrected chi connectivity index (χ1v) is 6.69. The Kier molecular flexibility index (Phi) is 2.84. The number of nitro groups is 1. The van der Waals surface area contributed by atoms with Crippen molar-refractivity contribution in [3.05, 3.63) is 51.8 Å². The predicted molar refractivity (Wildman–Crippen MR) is 62.7 cm³/mol. The Balaban J connectivity index is 2.30. The Morgan fingerprint density at radius 2 is 1.82 bits per heavy atom. The fourth-order valence-corrected chi connectivity index (χ4v) is 3.09. The fraction of sp³-hybridized carbons (Fsp3) is 0.200. The molecule has 0 aromatic heterocycles. The molecule has 0 amide bonds. The quantitative estimate of drug-likeness (QED) is 0.642. The number of anilines is 1. The van der Waals surface area contributed by atoms with E-state index >= 15 is 0 Å². The number of benzene rings is 1. The maximum atomic E-state index is 11.4. The zero-order valence-corrected chi connectivity index (χ0v) is 9.61. The van der Waals surface area contributed by atoms with Crippen LogP contribution in [0.4, 0.5) is 5.69 Å². The van der Waals surface area contributed by atoms with E-state index in [0.717, 1.165) is 0 Å². The Morgan fingerprint density at radius 3 is 2.41 bits per heavy atom. The molecule has 0 bridgehead atoms. The molecule has 1 aliphatic rings. The van der Waals surface area contributed by atoms with E-state index in [-0.39, 0.29) is 17.1 Å². The summed E-state index contributed by atoms with van der Waals surface area (Å²) in [6.07, 6.45) is 0. The normalized spacial score (nSPS) is 18.1. The summed E-state index contributed by atoms with van der Waals surface area (Å²) in [5.41, 5.74) is 0.522. The molecule has 1 N–H and O–H groups in total. The lowest BCUT2D eigenvalue weighted by molar-refractivity contribution is -0.424. The first-order chi connectivity index (χ1) is 7.98. The highest BCUT2D eigenvalue weighted by molar-refractivity contribution is 7.92. The molecule has 17 heavy (non-hydrogen) atoms. The minimum atomic E-state index is -3.39. The minimum Gasteiger partial charge on any atom is -0.353 e. The number of nitrogens with one attached hydrogen (secondary N) is 1. The molecular weight excluding hydrogens is 244 g/mol. The number of hydrogen-bond donors (Lipinski definition) is 1. The first-order valence-electron chi connectivity index (χ1n) is 4.87. The Morgan fingerprint density at radius 1 is 1.18 bits per heavy atom. The summed E-state index contributed by atoms with van der Waals surface area (Å²) in [7, 11) is -3.39. The van der Waals surface area contributed by atoms with Gasteiger partial charge in [0.15, 0.2) is 9.84 Å². The first kappa shape index (κ1) is 11.6. The van der Waals surface area contributed by atoms with Gasteiger partial charge in [-0.3, -0.25) is 10.1 Å². The molecule has 0 saturated carbocycles. The summed E-state index contributed by atoms with van der Waals surface area (Å²) in [6, 6.07) is 8.76. The molecule has 0 aliphatic carbocycles. The summed E-state index contributed by atoms with van der Waals surface area (Å²) in [6.45, 7) is 0. The van der Waals surface area contributed by atoms with E-state index in [1.807, 2.05) is 0 Å². The van der Waals surface area contributed by atoms with Crippen molar-refractivity contribution in [1.29, 1.82) is 0 Å². The molecular formula is C10H10N2O4S. The van der Waals surface area contributed by atoms with E-state index in [4.69, 9.17) is 0 Å². The number of para-hydroxylation sites is 1. The average Bonchev–Trinajstić information content (AvgIpc) is 2.55. The topological polar surface area (TPSA) is 89.3 Å². The summed E-state index contributed by atoms with van der Waals surface area (Å²) < 4.78 is 22.7. The third-order valence-electron chi connectivity index (χ3n) is 2.36. The number of rotatable bonds is 3. The van der Waals surface area contributed by atoms with Crippen LogP contribution in [0.25, 0.3) is 0 Å². The second kappa shape index (κ2) is 4.17. The Labute approximate surface area is 98.0 Å². The van der Waals surface area contributed by atoms with Crippen molar-refractivity contribution in [3.63, 3.8) is 0 Å². The molecule has 1 aliphatic heterocycles. The molecule has 90 valence electrons. The molecule has 1 aromatic carbocycles. The summed E-state index contributed by atoms with van der Waals surface area (Å²) in [5.74, 6) is -0.812. The molecule has 0 saturated heterocycles. The van der Waals surface area contributed by atoms with Gasteiger partial charge in [0, 0.05) is 5.69 Å². The molecule has 1 aromatic rings. The second-order valence-electron chi connectivity index (χ2n) is 3.71. The van der Waals surface area contributed by atoms with Crippen LogP contribution < -0.4 is 5.32 Å². The zero-order valence-electron chi connectivity index (χ0n) is 8.79. The molecule has 1 heterocycles. The lowest BCUT2D eigenvalue weighted by Crippen LogP contribution is -2.07. The number of hydrogen-bond acceptors (Lipinski definition) is 5. The van der Waals surface area contributed by atoms with Crippen LogP contribution in [0.1, 0.15) is 0 Å². The highest BCUT2D eigenvalue weighted by Gasteiger charge is 2.35. The smallest absolute Gasteiger partial charge is 0.281 e. The van der Waals surface area contributed by atoms with Gasteiger partial charge in [0.1, 0.15) is 11.4 Å². The van der Waals surface area contributed by atoms with E-state index in [0.29, 0.717) is 5.69 Å². The van der Waals surface area contributed by atoms with Gasteiger partial charge in [-0.15, -0.1) is 0 Å². The summed E-state index contributed by atoms with van der Waals surface area (Å²) >= 11 is 0. The molecule has 6 nitrogen and oxygen atoms in total. The minimum absolute atomic E-state index is 0.154. The van der Waals surface area contributed by atoms with Crippen LogP contribution in [-0.2, 0) is 9.84 Å². The van der Waals surface area contributed by atoms with Gasteiger partial charge in [-0.25, -0.2) is 8.42 Å². The van der Waals surface area contributed by atoms with E-state index in [1.54, 1.807) is 30.3 Å². The van der Waals surface area contributed by atoms with Crippen LogP contribution in [0.5, 0.6) is 0 Å². The van der Waals surface area contributed by atoms with Gasteiger partial charge in [0.25, 0.3) is 5.70 Å². The van der Waals surface area contributed by atoms with E-state index < -0.39 is 20.5 Å². The van der Waals surface area contributed by atoms with E-state index in [2.05, 4.69) is 5.32 Å². The highest BCUT2D eigenvalue weighted by Crippen LogP contribution is 2.22. The Hall–Kier alpha value is -1.89. The van der Waals surface area contributed by atoms with Crippen LogP contribution in [0.15, 0.2) is 41.7 Å². The molecule has 7 heteroatoms. The van der Waals surface area contributed by atoms with Gasteiger partial charge in [0.05, 0.1) is 10.7 Å². The van der Waals surface area contributed by atoms with Crippen LogP contribution in [0.3, 0.4) is 0 Å². The van der Waals surface area contributed by atoms with Crippen molar-refractivity contribution < 1.29 is 13.3 Å².